The molecule has 0 aliphatic heterocycles. The Bertz CT molecular complexity index is 417. The minimum Gasteiger partial charge on any atom is -0.398 e. The molecule has 5 heteroatoms. The normalized spacial score (nSPS) is 12.2. The lowest BCUT2D eigenvalue weighted by Crippen LogP contribution is -2.37. The van der Waals surface area contributed by atoms with Gasteiger partial charge in [0.05, 0.1) is 12.6 Å². The molecule has 0 aliphatic rings. The highest BCUT2D eigenvalue weighted by atomic mass is 79.9. The smallest absolute Gasteiger partial charge is 0.251 e. The predicted molar refractivity (Wildman–Crippen MR) is 71.9 cm³/mol. The number of nitrogen functional groups attached to an aromatic ring is 1. The highest BCUT2D eigenvalue weighted by Crippen LogP contribution is 2.22. The molecular weight excluding hydrogens is 284 g/mol. The SMILES string of the molecule is CC[C@@H](CO)NC(=O)c1cc(Br)cc(N)c1C. The van der Waals surface area contributed by atoms with Crippen molar-refractivity contribution in [3.05, 3.63) is 27.7 Å². The standard InChI is InChI=1S/C12H17BrN2O2/c1-3-9(6-16)15-12(17)10-4-8(13)5-11(14)7(10)2/h4-5,9,16H,3,6,14H2,1-2H3,(H,15,17)/t9-/m0/s1. The molecule has 0 bridgehead atoms. The third-order valence-corrected chi connectivity index (χ3v) is 3.16. The van der Waals surface area contributed by atoms with Gasteiger partial charge in [0.15, 0.2) is 0 Å². The number of carbonyl (C=O) groups excluding carboxylic acids is 1. The van der Waals surface area contributed by atoms with Gasteiger partial charge in [0.1, 0.15) is 0 Å². The number of aliphatic hydroxyl groups is 1. The topological polar surface area (TPSA) is 75.3 Å². The molecule has 1 atom stereocenters. The molecule has 1 aromatic carbocycles. The van der Waals surface area contributed by atoms with Crippen molar-refractivity contribution in [3.63, 3.8) is 0 Å². The first-order chi connectivity index (χ1) is 7.99. The fourth-order valence-corrected chi connectivity index (χ4v) is 1.95. The zero-order valence-corrected chi connectivity index (χ0v) is 11.5. The van der Waals surface area contributed by atoms with Gasteiger partial charge in [-0.25, -0.2) is 0 Å². The quantitative estimate of drug-likeness (QED) is 0.743. The Labute approximate surface area is 109 Å². The Morgan fingerprint density at radius 1 is 1.59 bits per heavy atom. The summed E-state index contributed by atoms with van der Waals surface area (Å²) < 4.78 is 0.766. The molecule has 0 radical (unpaired) electrons. The first-order valence-corrected chi connectivity index (χ1v) is 6.26. The van der Waals surface area contributed by atoms with Gasteiger partial charge in [-0.1, -0.05) is 22.9 Å². The average molecular weight is 301 g/mol. The van der Waals surface area contributed by atoms with Crippen LogP contribution in [0, 0.1) is 6.92 Å². The van der Waals surface area contributed by atoms with Crippen molar-refractivity contribution in [1.29, 1.82) is 0 Å². The second kappa shape index (κ2) is 6.02. The van der Waals surface area contributed by atoms with Crippen molar-refractivity contribution in [2.75, 3.05) is 12.3 Å². The van der Waals surface area contributed by atoms with E-state index in [9.17, 15) is 4.79 Å². The number of nitrogens with two attached hydrogens (primary N) is 1. The molecule has 0 spiro atoms. The van der Waals surface area contributed by atoms with Crippen molar-refractivity contribution in [2.24, 2.45) is 0 Å². The van der Waals surface area contributed by atoms with Gasteiger partial charge in [0.25, 0.3) is 5.91 Å². The van der Waals surface area contributed by atoms with Crippen LogP contribution in [0.15, 0.2) is 16.6 Å². The van der Waals surface area contributed by atoms with Crippen molar-refractivity contribution < 1.29 is 9.90 Å². The Kier molecular flexibility index (Phi) is 4.96. The van der Waals surface area contributed by atoms with Gasteiger partial charge in [-0.3, -0.25) is 4.79 Å². The van der Waals surface area contributed by atoms with Gasteiger partial charge >= 0.3 is 0 Å². The fraction of sp³-hybridized carbons (Fsp3) is 0.417. The highest BCUT2D eigenvalue weighted by Gasteiger charge is 2.15. The molecule has 0 aliphatic carbocycles. The second-order valence-corrected chi connectivity index (χ2v) is 4.84. The number of rotatable bonds is 4. The van der Waals surface area contributed by atoms with E-state index in [0.29, 0.717) is 17.7 Å². The van der Waals surface area contributed by atoms with Crippen LogP contribution in [0.5, 0.6) is 0 Å². The summed E-state index contributed by atoms with van der Waals surface area (Å²) in [4.78, 5) is 12.0. The fourth-order valence-electron chi connectivity index (χ4n) is 1.48. The molecule has 0 heterocycles. The molecule has 0 saturated heterocycles. The molecule has 94 valence electrons. The zero-order chi connectivity index (χ0) is 13.0. The van der Waals surface area contributed by atoms with Crippen LogP contribution in [0.25, 0.3) is 0 Å². The van der Waals surface area contributed by atoms with E-state index >= 15 is 0 Å². The van der Waals surface area contributed by atoms with E-state index in [1.165, 1.54) is 0 Å². The highest BCUT2D eigenvalue weighted by molar-refractivity contribution is 9.10. The third-order valence-electron chi connectivity index (χ3n) is 2.71. The summed E-state index contributed by atoms with van der Waals surface area (Å²) in [7, 11) is 0. The van der Waals surface area contributed by atoms with Crippen molar-refractivity contribution in [2.45, 2.75) is 26.3 Å². The maximum Gasteiger partial charge on any atom is 0.251 e. The number of amides is 1. The second-order valence-electron chi connectivity index (χ2n) is 3.93. The number of hydrogen-bond acceptors (Lipinski definition) is 3. The van der Waals surface area contributed by atoms with Gasteiger partial charge < -0.3 is 16.2 Å². The molecule has 1 aromatic rings. The molecule has 0 fully saturated rings. The third kappa shape index (κ3) is 3.44. The van der Waals surface area contributed by atoms with Crippen molar-refractivity contribution >= 4 is 27.5 Å². The van der Waals surface area contributed by atoms with E-state index in [0.717, 1.165) is 10.0 Å². The van der Waals surface area contributed by atoms with Crippen LogP contribution < -0.4 is 11.1 Å². The van der Waals surface area contributed by atoms with Gasteiger partial charge in [-0.15, -0.1) is 0 Å². The largest absolute Gasteiger partial charge is 0.398 e. The van der Waals surface area contributed by atoms with E-state index in [1.54, 1.807) is 19.1 Å². The predicted octanol–water partition coefficient (Wildman–Crippen LogP) is 1.84. The summed E-state index contributed by atoms with van der Waals surface area (Å²) in [5.74, 6) is -0.212. The van der Waals surface area contributed by atoms with E-state index in [-0.39, 0.29) is 18.6 Å². The number of halogens is 1. The molecule has 4 N–H and O–H groups in total. The van der Waals surface area contributed by atoms with E-state index in [4.69, 9.17) is 10.8 Å². The number of aliphatic hydroxyl groups excluding tert-OH is 1. The lowest BCUT2D eigenvalue weighted by Gasteiger charge is -2.16. The number of carbonyl (C=O) groups is 1. The van der Waals surface area contributed by atoms with Gasteiger partial charge in [0, 0.05) is 15.7 Å². The Hall–Kier alpha value is -1.07. The van der Waals surface area contributed by atoms with E-state index < -0.39 is 0 Å². The molecule has 0 unspecified atom stereocenters. The van der Waals surface area contributed by atoms with Crippen molar-refractivity contribution in [3.8, 4) is 0 Å². The summed E-state index contributed by atoms with van der Waals surface area (Å²) in [5, 5.41) is 11.8. The number of benzene rings is 1. The van der Waals surface area contributed by atoms with Crippen LogP contribution in [0.3, 0.4) is 0 Å². The minimum atomic E-state index is -0.220. The lowest BCUT2D eigenvalue weighted by atomic mass is 10.1. The Morgan fingerprint density at radius 2 is 2.24 bits per heavy atom. The van der Waals surface area contributed by atoms with Gasteiger partial charge in [-0.05, 0) is 31.0 Å². The van der Waals surface area contributed by atoms with Crippen LogP contribution in [0.2, 0.25) is 0 Å². The number of anilines is 1. The maximum absolute atomic E-state index is 12.0. The first kappa shape index (κ1) is 14.0. The Morgan fingerprint density at radius 3 is 2.76 bits per heavy atom. The van der Waals surface area contributed by atoms with Crippen LogP contribution in [0.4, 0.5) is 5.69 Å². The molecule has 4 nitrogen and oxygen atoms in total. The van der Waals surface area contributed by atoms with Crippen molar-refractivity contribution in [1.82, 2.24) is 5.32 Å². The first-order valence-electron chi connectivity index (χ1n) is 5.46. The van der Waals surface area contributed by atoms with E-state index in [2.05, 4.69) is 21.2 Å². The van der Waals surface area contributed by atoms with Crippen LogP contribution >= 0.6 is 15.9 Å². The average Bonchev–Trinajstić information content (AvgIpc) is 2.30. The maximum atomic E-state index is 12.0. The molecule has 1 amide bonds. The van der Waals surface area contributed by atoms with E-state index in [1.807, 2.05) is 6.92 Å². The van der Waals surface area contributed by atoms with Crippen LogP contribution in [-0.2, 0) is 0 Å². The van der Waals surface area contributed by atoms with Crippen LogP contribution in [0.1, 0.15) is 29.3 Å². The van der Waals surface area contributed by atoms with Gasteiger partial charge in [0.2, 0.25) is 0 Å². The minimum absolute atomic E-state index is 0.0647. The molecule has 1 rings (SSSR count). The molecule has 0 aromatic heterocycles. The lowest BCUT2D eigenvalue weighted by molar-refractivity contribution is 0.0914. The van der Waals surface area contributed by atoms with Crippen LogP contribution in [-0.4, -0.2) is 23.7 Å². The molecule has 17 heavy (non-hydrogen) atoms. The Balaban J connectivity index is 2.96. The summed E-state index contributed by atoms with van der Waals surface area (Å²) in [6, 6.07) is 3.27. The van der Waals surface area contributed by atoms with Gasteiger partial charge in [-0.2, -0.15) is 0 Å². The summed E-state index contributed by atoms with van der Waals surface area (Å²) in [6.45, 7) is 3.64. The molecule has 0 saturated carbocycles. The number of nitrogens with one attached hydrogen (secondary N) is 1. The number of hydrogen-bond donors (Lipinski definition) is 3. The zero-order valence-electron chi connectivity index (χ0n) is 9.96. The summed E-state index contributed by atoms with van der Waals surface area (Å²) in [6.07, 6.45) is 0.685. The molecular formula is C12H17BrN2O2. The summed E-state index contributed by atoms with van der Waals surface area (Å²) >= 11 is 3.31. The summed E-state index contributed by atoms with van der Waals surface area (Å²) in [5.41, 5.74) is 7.65. The monoisotopic (exact) mass is 300 g/mol.